The molecule has 2 aromatic rings. The van der Waals surface area contributed by atoms with Gasteiger partial charge in [0.25, 0.3) is 0 Å². The molecule has 1 N–H and O–H groups in total. The van der Waals surface area contributed by atoms with E-state index in [1.54, 1.807) is 6.20 Å². The van der Waals surface area contributed by atoms with Gasteiger partial charge in [-0.1, -0.05) is 24.3 Å². The fourth-order valence-electron chi connectivity index (χ4n) is 3.67. The lowest BCUT2D eigenvalue weighted by molar-refractivity contribution is -0.135. The number of likely N-dealkylation sites (tertiary alicyclic amines) is 1. The molecule has 5 heteroatoms. The lowest BCUT2D eigenvalue weighted by atomic mass is 9.78. The van der Waals surface area contributed by atoms with Crippen LogP contribution < -0.4 is 4.74 Å². The number of aryl methyl sites for hydroxylation is 1. The Hall–Kier alpha value is -2.40. The highest BCUT2D eigenvalue weighted by atomic mass is 16.5. The van der Waals surface area contributed by atoms with Crippen molar-refractivity contribution < 1.29 is 14.6 Å². The molecule has 1 fully saturated rings. The zero-order chi connectivity index (χ0) is 19.0. The molecule has 144 valence electrons. The van der Waals surface area contributed by atoms with E-state index in [4.69, 9.17) is 4.74 Å². The third kappa shape index (κ3) is 5.54. The second kappa shape index (κ2) is 9.51. The van der Waals surface area contributed by atoms with Crippen LogP contribution in [0.4, 0.5) is 0 Å². The molecule has 1 aromatic carbocycles. The van der Waals surface area contributed by atoms with Gasteiger partial charge in [0.1, 0.15) is 5.75 Å². The second-order valence-electron chi connectivity index (χ2n) is 7.31. The number of aliphatic hydroxyl groups is 1. The molecule has 0 spiro atoms. The van der Waals surface area contributed by atoms with Crippen LogP contribution in [0.25, 0.3) is 0 Å². The van der Waals surface area contributed by atoms with E-state index >= 15 is 0 Å². The predicted octanol–water partition coefficient (Wildman–Crippen LogP) is 3.08. The molecule has 1 saturated heterocycles. The van der Waals surface area contributed by atoms with E-state index < -0.39 is 0 Å². The molecule has 0 radical (unpaired) electrons. The maximum absolute atomic E-state index is 12.7. The Morgan fingerprint density at radius 3 is 2.74 bits per heavy atom. The van der Waals surface area contributed by atoms with Crippen LogP contribution in [0.2, 0.25) is 0 Å². The number of pyridine rings is 1. The first-order valence-electron chi connectivity index (χ1n) is 9.67. The third-order valence-electron chi connectivity index (χ3n) is 5.32. The van der Waals surface area contributed by atoms with Crippen LogP contribution >= 0.6 is 0 Å². The van der Waals surface area contributed by atoms with Crippen LogP contribution in [0.5, 0.6) is 5.75 Å². The van der Waals surface area contributed by atoms with E-state index in [0.717, 1.165) is 37.3 Å². The molecule has 2 heterocycles. The van der Waals surface area contributed by atoms with Crippen LogP contribution in [0.3, 0.4) is 0 Å². The number of aliphatic hydroxyl groups excluding tert-OH is 1. The molecule has 1 aromatic heterocycles. The van der Waals surface area contributed by atoms with Gasteiger partial charge >= 0.3 is 0 Å². The predicted molar refractivity (Wildman–Crippen MR) is 104 cm³/mol. The molecule has 1 atom stereocenters. The smallest absolute Gasteiger partial charge is 0.222 e. The van der Waals surface area contributed by atoms with Gasteiger partial charge in [-0.05, 0) is 49.9 Å². The summed E-state index contributed by atoms with van der Waals surface area (Å²) in [7, 11) is 0. The molecule has 1 aliphatic rings. The Labute approximate surface area is 161 Å². The average Bonchev–Trinajstić information content (AvgIpc) is 2.74. The molecule has 0 bridgehead atoms. The largest absolute Gasteiger partial charge is 0.494 e. The Morgan fingerprint density at radius 2 is 2.00 bits per heavy atom. The number of nitrogens with zero attached hydrogens (tertiary/aromatic N) is 2. The number of rotatable bonds is 8. The fourth-order valence-corrected chi connectivity index (χ4v) is 3.67. The minimum atomic E-state index is -0.270. The summed E-state index contributed by atoms with van der Waals surface area (Å²) in [4.78, 5) is 18.8. The van der Waals surface area contributed by atoms with Gasteiger partial charge in [0, 0.05) is 36.8 Å². The highest BCUT2D eigenvalue weighted by Gasteiger charge is 2.36. The Morgan fingerprint density at radius 1 is 1.19 bits per heavy atom. The summed E-state index contributed by atoms with van der Waals surface area (Å²) in [5.41, 5.74) is 0.667. The van der Waals surface area contributed by atoms with Crippen molar-refractivity contribution in [3.8, 4) is 5.75 Å². The van der Waals surface area contributed by atoms with E-state index in [9.17, 15) is 9.90 Å². The number of aromatic nitrogens is 1. The number of benzene rings is 1. The van der Waals surface area contributed by atoms with Crippen LogP contribution in [0.1, 0.15) is 31.4 Å². The van der Waals surface area contributed by atoms with Gasteiger partial charge in [0.15, 0.2) is 0 Å². The van der Waals surface area contributed by atoms with Crippen molar-refractivity contribution in [2.75, 3.05) is 26.3 Å². The maximum Gasteiger partial charge on any atom is 0.222 e. The van der Waals surface area contributed by atoms with Gasteiger partial charge in [0.2, 0.25) is 5.91 Å². The van der Waals surface area contributed by atoms with Gasteiger partial charge in [-0.15, -0.1) is 0 Å². The quantitative estimate of drug-likeness (QED) is 0.778. The van der Waals surface area contributed by atoms with Gasteiger partial charge in [-0.25, -0.2) is 0 Å². The summed E-state index contributed by atoms with van der Waals surface area (Å²) in [6.07, 6.45) is 5.44. The number of piperidine rings is 1. The molecule has 5 nitrogen and oxygen atoms in total. The van der Waals surface area contributed by atoms with Crippen molar-refractivity contribution in [3.05, 3.63) is 60.4 Å². The first kappa shape index (κ1) is 19.4. The van der Waals surface area contributed by atoms with Crippen LogP contribution in [-0.4, -0.2) is 47.2 Å². The average molecular weight is 368 g/mol. The van der Waals surface area contributed by atoms with E-state index in [1.807, 2.05) is 53.4 Å². The SMILES string of the molecule is O=C(CCc1ccccn1)N1CCC[C@](CO)(CCOc2ccccc2)C1. The molecular weight excluding hydrogens is 340 g/mol. The topological polar surface area (TPSA) is 62.7 Å². The zero-order valence-corrected chi connectivity index (χ0v) is 15.7. The van der Waals surface area contributed by atoms with E-state index in [-0.39, 0.29) is 17.9 Å². The molecule has 3 rings (SSSR count). The fraction of sp³-hybridized carbons (Fsp3) is 0.455. The normalized spacial score (nSPS) is 19.7. The molecule has 0 aliphatic carbocycles. The third-order valence-corrected chi connectivity index (χ3v) is 5.32. The number of amides is 1. The number of carbonyl (C=O) groups excluding carboxylic acids is 1. The molecule has 0 saturated carbocycles. The Bertz CT molecular complexity index is 708. The van der Waals surface area contributed by atoms with Crippen LogP contribution in [-0.2, 0) is 11.2 Å². The summed E-state index contributed by atoms with van der Waals surface area (Å²) in [6.45, 7) is 1.99. The highest BCUT2D eigenvalue weighted by Crippen LogP contribution is 2.33. The molecular formula is C22H28N2O3. The van der Waals surface area contributed by atoms with Crippen molar-refractivity contribution in [2.45, 2.75) is 32.1 Å². The van der Waals surface area contributed by atoms with E-state index in [1.165, 1.54) is 0 Å². The number of carbonyl (C=O) groups is 1. The summed E-state index contributed by atoms with van der Waals surface area (Å²) in [6, 6.07) is 15.5. The van der Waals surface area contributed by atoms with Crippen molar-refractivity contribution in [1.82, 2.24) is 9.88 Å². The number of para-hydroxylation sites is 1. The first-order valence-corrected chi connectivity index (χ1v) is 9.67. The van der Waals surface area contributed by atoms with Crippen molar-refractivity contribution >= 4 is 5.91 Å². The van der Waals surface area contributed by atoms with Gasteiger partial charge in [-0.3, -0.25) is 9.78 Å². The van der Waals surface area contributed by atoms with Crippen molar-refractivity contribution in [2.24, 2.45) is 5.41 Å². The standard InChI is InChI=1S/C22H28N2O3/c25-18-22(13-16-27-20-8-2-1-3-9-20)12-6-15-24(17-22)21(26)11-10-19-7-4-5-14-23-19/h1-5,7-9,14,25H,6,10-13,15-18H2/t22-/m0/s1. The highest BCUT2D eigenvalue weighted by molar-refractivity contribution is 5.76. The van der Waals surface area contributed by atoms with E-state index in [0.29, 0.717) is 26.0 Å². The molecule has 1 aliphatic heterocycles. The van der Waals surface area contributed by atoms with Crippen molar-refractivity contribution in [1.29, 1.82) is 0 Å². The Kier molecular flexibility index (Phi) is 6.82. The second-order valence-corrected chi connectivity index (χ2v) is 7.31. The summed E-state index contributed by atoms with van der Waals surface area (Å²) in [5.74, 6) is 0.979. The summed E-state index contributed by atoms with van der Waals surface area (Å²) >= 11 is 0. The lowest BCUT2D eigenvalue weighted by Gasteiger charge is -2.42. The van der Waals surface area contributed by atoms with Gasteiger partial charge in [0.05, 0.1) is 13.2 Å². The monoisotopic (exact) mass is 368 g/mol. The van der Waals surface area contributed by atoms with Crippen LogP contribution in [0.15, 0.2) is 54.7 Å². The lowest BCUT2D eigenvalue weighted by Crippen LogP contribution is -2.48. The molecule has 27 heavy (non-hydrogen) atoms. The number of ether oxygens (including phenoxy) is 1. The number of hydrogen-bond acceptors (Lipinski definition) is 4. The van der Waals surface area contributed by atoms with Gasteiger partial charge in [-0.2, -0.15) is 0 Å². The minimum absolute atomic E-state index is 0.0785. The van der Waals surface area contributed by atoms with Gasteiger partial charge < -0.3 is 14.7 Å². The molecule has 0 unspecified atom stereocenters. The van der Waals surface area contributed by atoms with E-state index in [2.05, 4.69) is 4.98 Å². The first-order chi connectivity index (χ1) is 13.2. The van der Waals surface area contributed by atoms with Crippen LogP contribution in [0, 0.1) is 5.41 Å². The number of hydrogen-bond donors (Lipinski definition) is 1. The van der Waals surface area contributed by atoms with Crippen molar-refractivity contribution in [3.63, 3.8) is 0 Å². The maximum atomic E-state index is 12.7. The minimum Gasteiger partial charge on any atom is -0.494 e. The zero-order valence-electron chi connectivity index (χ0n) is 15.7. The summed E-state index contributed by atoms with van der Waals surface area (Å²) in [5, 5.41) is 10.0. The summed E-state index contributed by atoms with van der Waals surface area (Å²) < 4.78 is 5.81. The Balaban J connectivity index is 1.51. The molecule has 1 amide bonds.